The van der Waals surface area contributed by atoms with Gasteiger partial charge in [0.2, 0.25) is 0 Å². The molecule has 0 unspecified atom stereocenters. The highest BCUT2D eigenvalue weighted by molar-refractivity contribution is 7.10. The van der Waals surface area contributed by atoms with Crippen molar-refractivity contribution in [2.75, 3.05) is 40.8 Å². The molecule has 1 aromatic heterocycles. The summed E-state index contributed by atoms with van der Waals surface area (Å²) in [5, 5.41) is 8.95. The van der Waals surface area contributed by atoms with Crippen molar-refractivity contribution in [2.24, 2.45) is 4.99 Å². The minimum atomic E-state index is 0.0668. The largest absolute Gasteiger partial charge is 0.494 e. The van der Waals surface area contributed by atoms with Gasteiger partial charge < -0.3 is 20.3 Å². The van der Waals surface area contributed by atoms with Gasteiger partial charge in [-0.15, -0.1) is 11.3 Å². The van der Waals surface area contributed by atoms with E-state index in [1.807, 2.05) is 12.1 Å². The third-order valence-electron chi connectivity index (χ3n) is 4.51. The molecule has 6 heteroatoms. The lowest BCUT2D eigenvalue weighted by Crippen LogP contribution is -2.42. The molecule has 1 heterocycles. The normalized spacial score (nSPS) is 12.3. The molecule has 0 amide bonds. The highest BCUT2D eigenvalue weighted by Crippen LogP contribution is 2.26. The van der Waals surface area contributed by atoms with Gasteiger partial charge in [0.1, 0.15) is 5.75 Å². The smallest absolute Gasteiger partial charge is 0.191 e. The zero-order valence-electron chi connectivity index (χ0n) is 17.8. The Morgan fingerprint density at radius 3 is 2.50 bits per heavy atom. The fraction of sp³-hybridized carbons (Fsp3) is 0.500. The van der Waals surface area contributed by atoms with Gasteiger partial charge in [-0.3, -0.25) is 4.99 Å². The fourth-order valence-electron chi connectivity index (χ4n) is 2.74. The van der Waals surface area contributed by atoms with Crippen LogP contribution in [0.1, 0.15) is 30.7 Å². The number of rotatable bonds is 10. The van der Waals surface area contributed by atoms with Crippen molar-refractivity contribution >= 4 is 17.3 Å². The Kier molecular flexibility index (Phi) is 8.80. The van der Waals surface area contributed by atoms with E-state index in [4.69, 9.17) is 4.74 Å². The molecular formula is C22H34N4OS. The van der Waals surface area contributed by atoms with E-state index >= 15 is 0 Å². The average Bonchev–Trinajstić information content (AvgIpc) is 3.22. The summed E-state index contributed by atoms with van der Waals surface area (Å²) in [6.45, 7) is 7.82. The van der Waals surface area contributed by atoms with Crippen LogP contribution in [0.15, 0.2) is 46.8 Å². The van der Waals surface area contributed by atoms with Crippen LogP contribution in [0.5, 0.6) is 5.75 Å². The van der Waals surface area contributed by atoms with Crippen LogP contribution in [0, 0.1) is 0 Å². The number of thiophene rings is 1. The van der Waals surface area contributed by atoms with Gasteiger partial charge in [-0.2, -0.15) is 0 Å². The van der Waals surface area contributed by atoms with E-state index in [1.165, 1.54) is 10.4 Å². The molecule has 1 aromatic carbocycles. The number of hydrogen-bond acceptors (Lipinski definition) is 4. The molecule has 0 aliphatic carbocycles. The van der Waals surface area contributed by atoms with Crippen LogP contribution in [-0.2, 0) is 12.0 Å². The number of hydrogen-bond donors (Lipinski definition) is 2. The van der Waals surface area contributed by atoms with Crippen molar-refractivity contribution in [1.29, 1.82) is 0 Å². The standard InChI is InChI=1S/C22H34N4OS/c1-22(2,20-8-6-15-28-20)17-25-21(23-3)24-16-18-9-11-19(12-10-18)27-14-7-13-26(4)5/h6,8-12,15H,7,13-14,16-17H2,1-5H3,(H2,23,24,25). The molecule has 28 heavy (non-hydrogen) atoms. The average molecular weight is 403 g/mol. The summed E-state index contributed by atoms with van der Waals surface area (Å²) in [4.78, 5) is 7.88. The van der Waals surface area contributed by atoms with Crippen molar-refractivity contribution in [3.05, 3.63) is 52.2 Å². The van der Waals surface area contributed by atoms with Crippen molar-refractivity contribution in [3.63, 3.8) is 0 Å². The number of benzene rings is 1. The predicted molar refractivity (Wildman–Crippen MR) is 121 cm³/mol. The second-order valence-electron chi connectivity index (χ2n) is 7.79. The van der Waals surface area contributed by atoms with Crippen LogP contribution in [0.25, 0.3) is 0 Å². The number of aliphatic imine (C=N–C) groups is 1. The molecule has 2 N–H and O–H groups in total. The Hall–Kier alpha value is -2.05. The first-order chi connectivity index (χ1) is 13.4. The second-order valence-corrected chi connectivity index (χ2v) is 8.74. The van der Waals surface area contributed by atoms with E-state index < -0.39 is 0 Å². The van der Waals surface area contributed by atoms with Gasteiger partial charge in [0, 0.05) is 37.0 Å². The molecule has 0 bridgehead atoms. The molecule has 0 aliphatic rings. The van der Waals surface area contributed by atoms with Gasteiger partial charge >= 0.3 is 0 Å². The molecule has 0 radical (unpaired) electrons. The maximum absolute atomic E-state index is 5.79. The summed E-state index contributed by atoms with van der Waals surface area (Å²) in [5.74, 6) is 1.73. The third-order valence-corrected chi connectivity index (χ3v) is 5.75. The molecule has 0 saturated carbocycles. The van der Waals surface area contributed by atoms with Gasteiger partial charge in [-0.05, 0) is 49.7 Å². The van der Waals surface area contributed by atoms with Crippen LogP contribution in [-0.4, -0.2) is 51.7 Å². The first-order valence-corrected chi connectivity index (χ1v) is 10.6. The van der Waals surface area contributed by atoms with Crippen LogP contribution in [0.2, 0.25) is 0 Å². The summed E-state index contributed by atoms with van der Waals surface area (Å²) in [6.07, 6.45) is 1.03. The summed E-state index contributed by atoms with van der Waals surface area (Å²) in [6, 6.07) is 12.5. The summed E-state index contributed by atoms with van der Waals surface area (Å²) in [7, 11) is 5.96. The molecule has 2 rings (SSSR count). The Morgan fingerprint density at radius 1 is 1.14 bits per heavy atom. The van der Waals surface area contributed by atoms with Crippen LogP contribution in [0.4, 0.5) is 0 Å². The molecular weight excluding hydrogens is 368 g/mol. The van der Waals surface area contributed by atoms with Crippen molar-refractivity contribution < 1.29 is 4.74 Å². The van der Waals surface area contributed by atoms with E-state index in [9.17, 15) is 0 Å². The predicted octanol–water partition coefficient (Wildman–Crippen LogP) is 3.72. The molecule has 0 aliphatic heterocycles. The number of nitrogens with zero attached hydrogens (tertiary/aromatic N) is 2. The number of guanidine groups is 1. The lowest BCUT2D eigenvalue weighted by atomic mass is 9.91. The van der Waals surface area contributed by atoms with E-state index in [0.29, 0.717) is 0 Å². The first-order valence-electron chi connectivity index (χ1n) is 9.76. The third kappa shape index (κ3) is 7.52. The molecule has 2 aromatic rings. The van der Waals surface area contributed by atoms with Gasteiger partial charge in [-0.1, -0.05) is 32.0 Å². The van der Waals surface area contributed by atoms with Crippen LogP contribution < -0.4 is 15.4 Å². The maximum atomic E-state index is 5.79. The van der Waals surface area contributed by atoms with Gasteiger partial charge in [0.15, 0.2) is 5.96 Å². The molecule has 0 spiro atoms. The topological polar surface area (TPSA) is 48.9 Å². The zero-order valence-corrected chi connectivity index (χ0v) is 18.6. The molecule has 0 atom stereocenters. The fourth-order valence-corrected chi connectivity index (χ4v) is 3.59. The van der Waals surface area contributed by atoms with Gasteiger partial charge in [0.25, 0.3) is 0 Å². The van der Waals surface area contributed by atoms with Gasteiger partial charge in [0.05, 0.1) is 6.61 Å². The monoisotopic (exact) mass is 402 g/mol. The first kappa shape index (κ1) is 22.2. The maximum Gasteiger partial charge on any atom is 0.191 e. The SMILES string of the molecule is CN=C(NCc1ccc(OCCCN(C)C)cc1)NCC(C)(C)c1cccs1. The van der Waals surface area contributed by atoms with Crippen molar-refractivity contribution in [2.45, 2.75) is 32.2 Å². The van der Waals surface area contributed by atoms with E-state index in [2.05, 4.69) is 78.1 Å². The lowest BCUT2D eigenvalue weighted by Gasteiger charge is -2.25. The zero-order chi connectivity index (χ0) is 20.4. The summed E-state index contributed by atoms with van der Waals surface area (Å²) >= 11 is 1.79. The van der Waals surface area contributed by atoms with Crippen LogP contribution in [0.3, 0.4) is 0 Å². The quantitative estimate of drug-likeness (QED) is 0.361. The second kappa shape index (κ2) is 11.1. The van der Waals surface area contributed by atoms with Crippen LogP contribution >= 0.6 is 11.3 Å². The Bertz CT molecular complexity index is 709. The Morgan fingerprint density at radius 2 is 1.89 bits per heavy atom. The van der Waals surface area contributed by atoms with E-state index in [-0.39, 0.29) is 5.41 Å². The number of ether oxygens (including phenoxy) is 1. The van der Waals surface area contributed by atoms with Crippen molar-refractivity contribution in [1.82, 2.24) is 15.5 Å². The molecule has 0 fully saturated rings. The summed E-state index contributed by atoms with van der Waals surface area (Å²) < 4.78 is 5.79. The number of nitrogens with one attached hydrogen (secondary N) is 2. The highest BCUT2D eigenvalue weighted by Gasteiger charge is 2.21. The highest BCUT2D eigenvalue weighted by atomic mass is 32.1. The Labute approximate surface area is 173 Å². The van der Waals surface area contributed by atoms with E-state index in [1.54, 1.807) is 18.4 Å². The van der Waals surface area contributed by atoms with Crippen molar-refractivity contribution in [3.8, 4) is 5.75 Å². The van der Waals surface area contributed by atoms with Gasteiger partial charge in [-0.25, -0.2) is 0 Å². The Balaban J connectivity index is 1.75. The minimum absolute atomic E-state index is 0.0668. The molecule has 5 nitrogen and oxygen atoms in total. The molecule has 0 saturated heterocycles. The minimum Gasteiger partial charge on any atom is -0.494 e. The molecule has 154 valence electrons. The lowest BCUT2D eigenvalue weighted by molar-refractivity contribution is 0.281. The van der Waals surface area contributed by atoms with E-state index in [0.717, 1.165) is 44.4 Å². The summed E-state index contributed by atoms with van der Waals surface area (Å²) in [5.41, 5.74) is 1.26.